The van der Waals surface area contributed by atoms with Crippen LogP contribution >= 0.6 is 12.6 Å². The van der Waals surface area contributed by atoms with E-state index in [0.29, 0.717) is 0 Å². The standard InChI is InChI=1S/C7H10OS/c1-8-6-2-4-7(9)5-3-6/h2-7,9H,1H3. The monoisotopic (exact) mass is 142 g/mol. The van der Waals surface area contributed by atoms with Gasteiger partial charge in [0.2, 0.25) is 0 Å². The molecule has 0 fully saturated rings. The molecule has 0 saturated carbocycles. The van der Waals surface area contributed by atoms with Crippen LogP contribution in [0.2, 0.25) is 0 Å². The number of rotatable bonds is 1. The minimum Gasteiger partial charge on any atom is -0.373 e. The van der Waals surface area contributed by atoms with E-state index < -0.39 is 0 Å². The molecule has 50 valence electrons. The van der Waals surface area contributed by atoms with Crippen LogP contribution in [-0.4, -0.2) is 18.5 Å². The summed E-state index contributed by atoms with van der Waals surface area (Å²) in [4.78, 5) is 0. The predicted octanol–water partition coefficient (Wildman–Crippen LogP) is 1.43. The van der Waals surface area contributed by atoms with E-state index in [1.807, 2.05) is 24.3 Å². The largest absolute Gasteiger partial charge is 0.373 e. The normalized spacial score (nSPS) is 33.1. The average Bonchev–Trinajstić information content (AvgIpc) is 1.90. The van der Waals surface area contributed by atoms with E-state index in [2.05, 4.69) is 12.6 Å². The van der Waals surface area contributed by atoms with Crippen LogP contribution in [0.5, 0.6) is 0 Å². The van der Waals surface area contributed by atoms with Crippen LogP contribution in [0.1, 0.15) is 0 Å². The highest BCUT2D eigenvalue weighted by atomic mass is 32.1. The molecule has 0 aliphatic heterocycles. The first-order chi connectivity index (χ1) is 4.33. The molecule has 0 atom stereocenters. The van der Waals surface area contributed by atoms with Gasteiger partial charge in [0.25, 0.3) is 0 Å². The highest BCUT2D eigenvalue weighted by molar-refractivity contribution is 7.81. The van der Waals surface area contributed by atoms with Crippen molar-refractivity contribution in [3.05, 3.63) is 24.3 Å². The van der Waals surface area contributed by atoms with E-state index in [4.69, 9.17) is 4.74 Å². The Bertz CT molecular complexity index is 126. The van der Waals surface area contributed by atoms with Crippen LogP contribution in [0.15, 0.2) is 24.3 Å². The van der Waals surface area contributed by atoms with Crippen LogP contribution in [-0.2, 0) is 4.74 Å². The third-order valence-electron chi connectivity index (χ3n) is 1.27. The lowest BCUT2D eigenvalue weighted by Gasteiger charge is -2.10. The van der Waals surface area contributed by atoms with E-state index in [1.165, 1.54) is 0 Å². The molecule has 0 radical (unpaired) electrons. The van der Waals surface area contributed by atoms with Crippen LogP contribution in [0, 0.1) is 0 Å². The fourth-order valence-corrected chi connectivity index (χ4v) is 0.931. The molecule has 0 spiro atoms. The van der Waals surface area contributed by atoms with Gasteiger partial charge >= 0.3 is 0 Å². The molecule has 1 aliphatic carbocycles. The zero-order valence-corrected chi connectivity index (χ0v) is 6.21. The summed E-state index contributed by atoms with van der Waals surface area (Å²) in [6.07, 6.45) is 8.18. The SMILES string of the molecule is COC1C=CC(S)C=C1. The number of hydrogen-bond acceptors (Lipinski definition) is 2. The first kappa shape index (κ1) is 6.90. The van der Waals surface area contributed by atoms with Crippen molar-refractivity contribution in [2.75, 3.05) is 7.11 Å². The van der Waals surface area contributed by atoms with Crippen molar-refractivity contribution < 1.29 is 4.74 Å². The molecule has 0 N–H and O–H groups in total. The van der Waals surface area contributed by atoms with Gasteiger partial charge in [-0.3, -0.25) is 0 Å². The first-order valence-corrected chi connectivity index (χ1v) is 3.42. The van der Waals surface area contributed by atoms with E-state index in [9.17, 15) is 0 Å². The van der Waals surface area contributed by atoms with Crippen molar-refractivity contribution in [2.24, 2.45) is 0 Å². The lowest BCUT2D eigenvalue weighted by atomic mass is 10.2. The van der Waals surface area contributed by atoms with Gasteiger partial charge in [-0.25, -0.2) is 0 Å². The predicted molar refractivity (Wildman–Crippen MR) is 41.9 cm³/mol. The number of ether oxygens (including phenoxy) is 1. The van der Waals surface area contributed by atoms with E-state index in [-0.39, 0.29) is 11.4 Å². The zero-order chi connectivity index (χ0) is 6.69. The van der Waals surface area contributed by atoms with Gasteiger partial charge in [0, 0.05) is 12.4 Å². The summed E-state index contributed by atoms with van der Waals surface area (Å²) in [5.41, 5.74) is 0. The highest BCUT2D eigenvalue weighted by Gasteiger charge is 2.02. The molecule has 1 aliphatic rings. The second-order valence-corrected chi connectivity index (χ2v) is 2.56. The number of methoxy groups -OCH3 is 1. The number of hydrogen-bond donors (Lipinski definition) is 1. The molecule has 0 aromatic rings. The van der Waals surface area contributed by atoms with Gasteiger partial charge < -0.3 is 4.74 Å². The summed E-state index contributed by atoms with van der Waals surface area (Å²) < 4.78 is 5.03. The summed E-state index contributed by atoms with van der Waals surface area (Å²) in [5, 5.41) is 0.274. The summed E-state index contributed by atoms with van der Waals surface area (Å²) in [5.74, 6) is 0. The summed E-state index contributed by atoms with van der Waals surface area (Å²) >= 11 is 4.21. The molecular formula is C7H10OS. The topological polar surface area (TPSA) is 9.23 Å². The summed E-state index contributed by atoms with van der Waals surface area (Å²) in [7, 11) is 1.69. The van der Waals surface area contributed by atoms with Gasteiger partial charge in [-0.05, 0) is 0 Å². The van der Waals surface area contributed by atoms with Crippen LogP contribution < -0.4 is 0 Å². The molecule has 1 rings (SSSR count). The smallest absolute Gasteiger partial charge is 0.0934 e. The Balaban J connectivity index is 2.48. The van der Waals surface area contributed by atoms with Crippen LogP contribution in [0.3, 0.4) is 0 Å². The fourth-order valence-electron chi connectivity index (χ4n) is 0.732. The quantitative estimate of drug-likeness (QED) is 0.430. The Labute approximate surface area is 60.8 Å². The molecule has 0 amide bonds. The van der Waals surface area contributed by atoms with Gasteiger partial charge in [0.15, 0.2) is 0 Å². The maximum atomic E-state index is 5.03. The fraction of sp³-hybridized carbons (Fsp3) is 0.429. The summed E-state index contributed by atoms with van der Waals surface area (Å²) in [6.45, 7) is 0. The molecule has 0 aromatic carbocycles. The molecule has 0 unspecified atom stereocenters. The van der Waals surface area contributed by atoms with Crippen LogP contribution in [0.4, 0.5) is 0 Å². The Hall–Kier alpha value is -0.210. The Morgan fingerprint density at radius 2 is 1.78 bits per heavy atom. The van der Waals surface area contributed by atoms with Crippen molar-refractivity contribution in [3.8, 4) is 0 Å². The van der Waals surface area contributed by atoms with Gasteiger partial charge in [-0.1, -0.05) is 24.3 Å². The van der Waals surface area contributed by atoms with Crippen molar-refractivity contribution in [1.82, 2.24) is 0 Å². The molecule has 0 aromatic heterocycles. The van der Waals surface area contributed by atoms with Crippen molar-refractivity contribution >= 4 is 12.6 Å². The second-order valence-electron chi connectivity index (χ2n) is 1.96. The third kappa shape index (κ3) is 1.88. The molecular weight excluding hydrogens is 132 g/mol. The Kier molecular flexibility index (Phi) is 2.37. The Morgan fingerprint density at radius 3 is 2.22 bits per heavy atom. The minimum absolute atomic E-state index is 0.161. The lowest BCUT2D eigenvalue weighted by Crippen LogP contribution is -2.08. The van der Waals surface area contributed by atoms with E-state index in [1.54, 1.807) is 7.11 Å². The molecule has 0 bridgehead atoms. The molecule has 0 saturated heterocycles. The first-order valence-electron chi connectivity index (χ1n) is 2.90. The lowest BCUT2D eigenvalue weighted by molar-refractivity contribution is 0.176. The number of thiol groups is 1. The highest BCUT2D eigenvalue weighted by Crippen LogP contribution is 2.09. The molecule has 0 heterocycles. The molecule has 9 heavy (non-hydrogen) atoms. The van der Waals surface area contributed by atoms with E-state index >= 15 is 0 Å². The second kappa shape index (κ2) is 3.08. The maximum Gasteiger partial charge on any atom is 0.0934 e. The Morgan fingerprint density at radius 1 is 1.22 bits per heavy atom. The zero-order valence-electron chi connectivity index (χ0n) is 5.32. The van der Waals surface area contributed by atoms with Gasteiger partial charge in [0.1, 0.15) is 0 Å². The van der Waals surface area contributed by atoms with Crippen molar-refractivity contribution in [2.45, 2.75) is 11.4 Å². The maximum absolute atomic E-state index is 5.03. The van der Waals surface area contributed by atoms with Crippen molar-refractivity contribution in [1.29, 1.82) is 0 Å². The van der Waals surface area contributed by atoms with E-state index in [0.717, 1.165) is 0 Å². The average molecular weight is 142 g/mol. The minimum atomic E-state index is 0.161. The molecule has 1 nitrogen and oxygen atoms in total. The third-order valence-corrected chi connectivity index (χ3v) is 1.61. The summed E-state index contributed by atoms with van der Waals surface area (Å²) in [6, 6.07) is 0. The van der Waals surface area contributed by atoms with Gasteiger partial charge in [-0.2, -0.15) is 12.6 Å². The van der Waals surface area contributed by atoms with Gasteiger partial charge in [-0.15, -0.1) is 0 Å². The van der Waals surface area contributed by atoms with Crippen molar-refractivity contribution in [3.63, 3.8) is 0 Å². The molecule has 2 heteroatoms. The van der Waals surface area contributed by atoms with Crippen LogP contribution in [0.25, 0.3) is 0 Å². The van der Waals surface area contributed by atoms with Gasteiger partial charge in [0.05, 0.1) is 6.10 Å².